The van der Waals surface area contributed by atoms with Gasteiger partial charge < -0.3 is 45.1 Å². The highest BCUT2D eigenvalue weighted by molar-refractivity contribution is 5.76. The first kappa shape index (κ1) is 61.1. The maximum atomic E-state index is 13.0. The van der Waals surface area contributed by atoms with Crippen molar-refractivity contribution in [1.82, 2.24) is 5.32 Å². The molecular weight excluding hydrogens is 835 g/mol. The van der Waals surface area contributed by atoms with Gasteiger partial charge in [0.15, 0.2) is 6.29 Å². The fraction of sp³-hybridized carbons (Fsp3) is 0.745. The van der Waals surface area contributed by atoms with Gasteiger partial charge in [0.1, 0.15) is 24.4 Å². The zero-order chi connectivity index (χ0) is 48.1. The van der Waals surface area contributed by atoms with Gasteiger partial charge in [-0.1, -0.05) is 151 Å². The fourth-order valence-electron chi connectivity index (χ4n) is 7.57. The molecule has 1 saturated heterocycles. The SMILES string of the molecule is CC/C=C/CC/C=C/CC/C=C/C(O)C(COC1OC(CO)C(O)C(O)C1O)NC(=O)CCCCCCCC/C=C\C=C/CCCCCOC(=O)CCCCCCC/C=C\CCCCCC. The Kier molecular flexibility index (Phi) is 41.3. The number of hydrogen-bond donors (Lipinski definition) is 6. The van der Waals surface area contributed by atoms with Gasteiger partial charge in [0.25, 0.3) is 0 Å². The molecule has 0 saturated carbocycles. The minimum absolute atomic E-state index is 0.0534. The van der Waals surface area contributed by atoms with Crippen molar-refractivity contribution in [3.63, 3.8) is 0 Å². The largest absolute Gasteiger partial charge is 0.466 e. The second-order valence-electron chi connectivity index (χ2n) is 17.8. The average molecular weight is 930 g/mol. The molecule has 1 aliphatic heterocycles. The number of carbonyl (C=O) groups excluding carboxylic acids is 2. The van der Waals surface area contributed by atoms with E-state index in [0.29, 0.717) is 32.3 Å². The molecule has 380 valence electrons. The van der Waals surface area contributed by atoms with E-state index in [9.17, 15) is 35.1 Å². The molecular formula is C55H95NO10. The van der Waals surface area contributed by atoms with Crippen LogP contribution in [-0.4, -0.2) is 100 Å². The lowest BCUT2D eigenvalue weighted by Gasteiger charge is -2.40. The van der Waals surface area contributed by atoms with Crippen molar-refractivity contribution < 1.29 is 49.3 Å². The lowest BCUT2D eigenvalue weighted by Crippen LogP contribution is -2.60. The summed E-state index contributed by atoms with van der Waals surface area (Å²) in [5, 5.41) is 54.1. The average Bonchev–Trinajstić information content (AvgIpc) is 3.31. The monoisotopic (exact) mass is 930 g/mol. The Labute approximate surface area is 400 Å². The van der Waals surface area contributed by atoms with Gasteiger partial charge in [-0.25, -0.2) is 0 Å². The van der Waals surface area contributed by atoms with E-state index in [4.69, 9.17) is 14.2 Å². The third-order valence-corrected chi connectivity index (χ3v) is 11.8. The van der Waals surface area contributed by atoms with Crippen LogP contribution in [0.2, 0.25) is 0 Å². The van der Waals surface area contributed by atoms with Crippen LogP contribution in [0, 0.1) is 0 Å². The normalized spacial score (nSPS) is 20.3. The van der Waals surface area contributed by atoms with Gasteiger partial charge in [-0.2, -0.15) is 0 Å². The van der Waals surface area contributed by atoms with Crippen LogP contribution >= 0.6 is 0 Å². The van der Waals surface area contributed by atoms with Gasteiger partial charge in [-0.05, 0) is 109 Å². The third kappa shape index (κ3) is 34.4. The Morgan fingerprint density at radius 1 is 0.576 bits per heavy atom. The van der Waals surface area contributed by atoms with Crippen molar-refractivity contribution in [2.24, 2.45) is 0 Å². The minimum Gasteiger partial charge on any atom is -0.466 e. The molecule has 0 aromatic heterocycles. The highest BCUT2D eigenvalue weighted by atomic mass is 16.7. The number of aliphatic hydroxyl groups is 5. The molecule has 7 unspecified atom stereocenters. The van der Waals surface area contributed by atoms with Crippen molar-refractivity contribution in [2.75, 3.05) is 19.8 Å². The van der Waals surface area contributed by atoms with Gasteiger partial charge in [0, 0.05) is 12.8 Å². The van der Waals surface area contributed by atoms with Crippen LogP contribution < -0.4 is 5.32 Å². The van der Waals surface area contributed by atoms with Crippen molar-refractivity contribution >= 4 is 11.9 Å². The number of amides is 1. The van der Waals surface area contributed by atoms with Gasteiger partial charge in [-0.15, -0.1) is 0 Å². The molecule has 66 heavy (non-hydrogen) atoms. The first-order valence-corrected chi connectivity index (χ1v) is 26.2. The summed E-state index contributed by atoms with van der Waals surface area (Å²) in [5.41, 5.74) is 0. The van der Waals surface area contributed by atoms with Crippen LogP contribution in [0.15, 0.2) is 72.9 Å². The fourth-order valence-corrected chi connectivity index (χ4v) is 7.57. The smallest absolute Gasteiger partial charge is 0.305 e. The van der Waals surface area contributed by atoms with E-state index in [1.807, 2.05) is 6.08 Å². The number of ether oxygens (including phenoxy) is 3. The van der Waals surface area contributed by atoms with Crippen molar-refractivity contribution in [3.05, 3.63) is 72.9 Å². The van der Waals surface area contributed by atoms with Gasteiger partial charge >= 0.3 is 5.97 Å². The van der Waals surface area contributed by atoms with E-state index in [1.165, 1.54) is 57.8 Å². The zero-order valence-corrected chi connectivity index (χ0v) is 41.4. The van der Waals surface area contributed by atoms with Crippen LogP contribution in [0.3, 0.4) is 0 Å². The molecule has 1 heterocycles. The van der Waals surface area contributed by atoms with Gasteiger partial charge in [0.2, 0.25) is 5.91 Å². The van der Waals surface area contributed by atoms with Crippen molar-refractivity contribution in [1.29, 1.82) is 0 Å². The lowest BCUT2D eigenvalue weighted by molar-refractivity contribution is -0.302. The topological polar surface area (TPSA) is 175 Å². The van der Waals surface area contributed by atoms with Crippen LogP contribution in [0.5, 0.6) is 0 Å². The Morgan fingerprint density at radius 2 is 1.08 bits per heavy atom. The predicted molar refractivity (Wildman–Crippen MR) is 269 cm³/mol. The van der Waals surface area contributed by atoms with E-state index >= 15 is 0 Å². The van der Waals surface area contributed by atoms with E-state index in [1.54, 1.807) is 6.08 Å². The number of hydrogen-bond acceptors (Lipinski definition) is 10. The Morgan fingerprint density at radius 3 is 1.67 bits per heavy atom. The summed E-state index contributed by atoms with van der Waals surface area (Å²) in [6.45, 7) is 4.08. The van der Waals surface area contributed by atoms with E-state index in [-0.39, 0.29) is 18.5 Å². The number of rotatable bonds is 43. The summed E-state index contributed by atoms with van der Waals surface area (Å²) in [4.78, 5) is 25.0. The number of unbranched alkanes of at least 4 members (excludes halogenated alkanes) is 20. The summed E-state index contributed by atoms with van der Waals surface area (Å²) >= 11 is 0. The maximum Gasteiger partial charge on any atom is 0.305 e. The van der Waals surface area contributed by atoms with Gasteiger partial charge in [-0.3, -0.25) is 9.59 Å². The number of esters is 1. The molecule has 7 atom stereocenters. The van der Waals surface area contributed by atoms with Crippen molar-refractivity contribution in [3.8, 4) is 0 Å². The third-order valence-electron chi connectivity index (χ3n) is 11.8. The number of aliphatic hydroxyl groups excluding tert-OH is 5. The molecule has 6 N–H and O–H groups in total. The molecule has 0 aromatic rings. The van der Waals surface area contributed by atoms with Crippen LogP contribution in [0.4, 0.5) is 0 Å². The summed E-state index contributed by atoms with van der Waals surface area (Å²) in [6, 6.07) is -0.852. The number of nitrogens with one attached hydrogen (secondary N) is 1. The Hall–Kier alpha value is -2.90. The minimum atomic E-state index is -1.59. The zero-order valence-electron chi connectivity index (χ0n) is 41.4. The van der Waals surface area contributed by atoms with Crippen LogP contribution in [0.1, 0.15) is 200 Å². The maximum absolute atomic E-state index is 13.0. The molecule has 0 radical (unpaired) electrons. The number of carbonyl (C=O) groups is 2. The second kappa shape index (κ2) is 44.6. The van der Waals surface area contributed by atoms with E-state index in [0.717, 1.165) is 103 Å². The summed E-state index contributed by atoms with van der Waals surface area (Å²) in [5.74, 6) is -0.278. The van der Waals surface area contributed by atoms with Gasteiger partial charge in [0.05, 0.1) is 32.0 Å². The number of allylic oxidation sites excluding steroid dienone is 11. The molecule has 1 rings (SSSR count). The van der Waals surface area contributed by atoms with Crippen LogP contribution in [0.25, 0.3) is 0 Å². The molecule has 11 nitrogen and oxygen atoms in total. The van der Waals surface area contributed by atoms with Crippen molar-refractivity contribution in [2.45, 2.75) is 243 Å². The molecule has 0 aliphatic carbocycles. The summed E-state index contributed by atoms with van der Waals surface area (Å²) in [6.07, 6.45) is 47.1. The highest BCUT2D eigenvalue weighted by Crippen LogP contribution is 2.22. The quantitative estimate of drug-likeness (QED) is 0.0149. The Balaban J connectivity index is 2.18. The Bertz CT molecular complexity index is 1330. The summed E-state index contributed by atoms with van der Waals surface area (Å²) < 4.78 is 16.6. The molecule has 1 fully saturated rings. The molecule has 11 heteroatoms. The predicted octanol–water partition coefficient (Wildman–Crippen LogP) is 10.9. The molecule has 1 aliphatic rings. The van der Waals surface area contributed by atoms with E-state index in [2.05, 4.69) is 79.9 Å². The second-order valence-corrected chi connectivity index (χ2v) is 17.8. The molecule has 0 bridgehead atoms. The lowest BCUT2D eigenvalue weighted by atomic mass is 9.99. The molecule has 1 amide bonds. The first-order valence-electron chi connectivity index (χ1n) is 26.2. The molecule has 0 spiro atoms. The highest BCUT2D eigenvalue weighted by Gasteiger charge is 2.44. The first-order chi connectivity index (χ1) is 32.2. The van der Waals surface area contributed by atoms with Crippen LogP contribution in [-0.2, 0) is 23.8 Å². The van der Waals surface area contributed by atoms with E-state index < -0.39 is 49.5 Å². The summed E-state index contributed by atoms with van der Waals surface area (Å²) in [7, 11) is 0. The standard InChI is InChI=1S/C55H95NO10/c1-3-5-7-9-11-13-15-19-23-27-31-35-39-43-51(60)64-44-40-36-32-28-24-21-18-16-17-20-22-26-30-34-38-42-50(59)56-47(46-65-55-54(63)53(62)52(61)49(45-57)66-55)48(58)41-37-33-29-25-14-12-10-8-6-4-2/h6,8,13-16,18,21,24-25,37,41,47-49,52-55,57-58,61-63H,3-5,7,9-12,17,19-20,22-23,26-36,38-40,42-46H2,1-2H3,(H,56,59)/b8-6+,15-13-,18-16-,24-21-,25-14+,41-37+. The molecule has 0 aromatic carbocycles.